The highest BCUT2D eigenvalue weighted by atomic mass is 32.2. The molecule has 3 rings (SSSR count). The van der Waals surface area contributed by atoms with Gasteiger partial charge < -0.3 is 29.8 Å². The number of rotatable bonds is 8. The van der Waals surface area contributed by atoms with Crippen LogP contribution in [-0.4, -0.2) is 56.8 Å². The molecular formula is C24H27F3N4O7S. The third kappa shape index (κ3) is 6.02. The molecule has 39 heavy (non-hydrogen) atoms. The number of carbonyl (C=O) groups excluding carboxylic acids is 2. The Morgan fingerprint density at radius 2 is 1.85 bits per heavy atom. The van der Waals surface area contributed by atoms with E-state index in [1.165, 1.54) is 21.0 Å². The zero-order valence-corrected chi connectivity index (χ0v) is 22.5. The van der Waals surface area contributed by atoms with Crippen LogP contribution in [0.5, 0.6) is 5.75 Å². The van der Waals surface area contributed by atoms with Gasteiger partial charge in [0, 0.05) is 14.1 Å². The minimum atomic E-state index is -4.98. The maximum Gasteiger partial charge on any atom is 0.417 e. The molecule has 1 aliphatic heterocycles. The normalized spacial score (nSPS) is 15.5. The molecule has 0 bridgehead atoms. The Balaban J connectivity index is 2.16. The predicted molar refractivity (Wildman–Crippen MR) is 134 cm³/mol. The maximum absolute atomic E-state index is 13.6. The first-order chi connectivity index (χ1) is 18.1. The molecule has 1 aromatic carbocycles. The van der Waals surface area contributed by atoms with Gasteiger partial charge in [-0.15, -0.1) is 4.40 Å². The number of phenolic OH excluding ortho intramolecular Hbond substituents is 1. The number of furan rings is 1. The van der Waals surface area contributed by atoms with Crippen molar-refractivity contribution in [1.82, 2.24) is 10.2 Å². The van der Waals surface area contributed by atoms with Crippen LogP contribution in [0.2, 0.25) is 0 Å². The van der Waals surface area contributed by atoms with Gasteiger partial charge in [0.1, 0.15) is 17.2 Å². The number of hydrogen-bond acceptors (Lipinski definition) is 9. The van der Waals surface area contributed by atoms with Crippen molar-refractivity contribution in [3.8, 4) is 5.75 Å². The van der Waals surface area contributed by atoms with Gasteiger partial charge in [-0.25, -0.2) is 4.79 Å². The smallest absolute Gasteiger partial charge is 0.417 e. The number of hydrogen-bond donors (Lipinski definition) is 3. The lowest BCUT2D eigenvalue weighted by Gasteiger charge is -2.21. The van der Waals surface area contributed by atoms with Gasteiger partial charge in [-0.3, -0.25) is 4.79 Å². The van der Waals surface area contributed by atoms with Crippen LogP contribution < -0.4 is 10.6 Å². The number of aromatic hydroxyl groups is 1. The van der Waals surface area contributed by atoms with Gasteiger partial charge in [0.2, 0.25) is 4.91 Å². The molecule has 1 atom stereocenters. The lowest BCUT2D eigenvalue weighted by atomic mass is 10.0. The average molecular weight is 573 g/mol. The number of nitrogens with zero attached hydrogens (tertiary/aromatic N) is 2. The number of ether oxygens (including phenoxy) is 1. The highest BCUT2D eigenvalue weighted by Gasteiger charge is 2.41. The van der Waals surface area contributed by atoms with Crippen LogP contribution in [0.25, 0.3) is 0 Å². The van der Waals surface area contributed by atoms with Crippen molar-refractivity contribution in [3.63, 3.8) is 0 Å². The van der Waals surface area contributed by atoms with Crippen molar-refractivity contribution in [1.29, 1.82) is 0 Å². The van der Waals surface area contributed by atoms with Gasteiger partial charge in [-0.2, -0.15) is 21.6 Å². The molecule has 212 valence electrons. The molecule has 0 unspecified atom stereocenters. The topological polar surface area (TPSA) is 151 Å². The van der Waals surface area contributed by atoms with E-state index in [9.17, 15) is 36.3 Å². The van der Waals surface area contributed by atoms with Gasteiger partial charge in [0.05, 0.1) is 29.5 Å². The number of nitrogens with one attached hydrogen (secondary N) is 2. The summed E-state index contributed by atoms with van der Waals surface area (Å²) < 4.78 is 80.8. The maximum atomic E-state index is 13.6. The van der Waals surface area contributed by atoms with E-state index in [4.69, 9.17) is 9.15 Å². The molecule has 1 amide bonds. The second-order valence-corrected chi connectivity index (χ2v) is 10.1. The second-order valence-electron chi connectivity index (χ2n) is 8.60. The fraction of sp³-hybridized carbons (Fsp3) is 0.375. The Labute approximate surface area is 222 Å². The summed E-state index contributed by atoms with van der Waals surface area (Å²) in [4.78, 5) is 25.2. The van der Waals surface area contributed by atoms with Crippen molar-refractivity contribution < 1.29 is 45.4 Å². The van der Waals surface area contributed by atoms with E-state index < -0.39 is 67.4 Å². The van der Waals surface area contributed by atoms with Crippen molar-refractivity contribution in [2.75, 3.05) is 26.0 Å². The lowest BCUT2D eigenvalue weighted by molar-refractivity contribution is -0.138. The summed E-state index contributed by atoms with van der Waals surface area (Å²) in [7, 11) is -2.24. The Morgan fingerprint density at radius 3 is 2.36 bits per heavy atom. The summed E-state index contributed by atoms with van der Waals surface area (Å²) in [5.41, 5.74) is -3.27. The summed E-state index contributed by atoms with van der Waals surface area (Å²) in [5.74, 6) is -3.00. The minimum Gasteiger partial charge on any atom is -0.505 e. The Morgan fingerprint density at radius 1 is 1.18 bits per heavy atom. The standard InChI is InChI=1S/C24H27F3N4O7S/c1-6-14(16-11-8-12(3)38-16)28-18-20(23(34)37-7-2)39(35,36)30-21(18)29-15-10-9-13(24(25,26)27)17(19(15)32)22(33)31(4)5/h8-11,14,28,32H,6-7H2,1-5H3,(H,29,30)/t14-/m1/s1. The molecule has 2 aromatic rings. The lowest BCUT2D eigenvalue weighted by Crippen LogP contribution is -2.30. The number of amides is 1. The fourth-order valence-corrected chi connectivity index (χ4v) is 4.91. The Kier molecular flexibility index (Phi) is 8.33. The van der Waals surface area contributed by atoms with Crippen LogP contribution in [0.1, 0.15) is 53.8 Å². The molecule has 0 aliphatic carbocycles. The quantitative estimate of drug-likeness (QED) is 0.318. The largest absolute Gasteiger partial charge is 0.505 e. The van der Waals surface area contributed by atoms with Crippen LogP contribution in [-0.2, 0) is 25.7 Å². The van der Waals surface area contributed by atoms with Crippen LogP contribution in [0, 0.1) is 6.92 Å². The van der Waals surface area contributed by atoms with E-state index >= 15 is 0 Å². The number of carbonyl (C=O) groups is 2. The number of halogens is 3. The monoisotopic (exact) mass is 572 g/mol. The molecule has 1 aromatic heterocycles. The Bertz CT molecular complexity index is 1460. The van der Waals surface area contributed by atoms with E-state index in [2.05, 4.69) is 15.0 Å². The third-order valence-electron chi connectivity index (χ3n) is 5.58. The van der Waals surface area contributed by atoms with Gasteiger partial charge in [-0.1, -0.05) is 6.92 Å². The summed E-state index contributed by atoms with van der Waals surface area (Å²) in [5, 5.41) is 16.1. The zero-order chi connectivity index (χ0) is 29.3. The fourth-order valence-electron chi connectivity index (χ4n) is 3.76. The molecule has 0 saturated heterocycles. The summed E-state index contributed by atoms with van der Waals surface area (Å²) in [6.07, 6.45) is -4.63. The van der Waals surface area contributed by atoms with Crippen molar-refractivity contribution >= 4 is 33.4 Å². The van der Waals surface area contributed by atoms with Gasteiger partial charge in [0.25, 0.3) is 15.9 Å². The van der Waals surface area contributed by atoms with Gasteiger partial charge >= 0.3 is 12.1 Å². The molecule has 3 N–H and O–H groups in total. The molecular weight excluding hydrogens is 545 g/mol. The van der Waals surface area contributed by atoms with E-state index in [1.807, 2.05) is 0 Å². The number of esters is 1. The molecule has 15 heteroatoms. The number of sulfonamides is 1. The molecule has 0 spiro atoms. The molecule has 1 aliphatic rings. The number of amidine groups is 1. The zero-order valence-electron chi connectivity index (χ0n) is 21.6. The minimum absolute atomic E-state index is 0.155. The number of phenols is 1. The van der Waals surface area contributed by atoms with E-state index in [0.717, 1.165) is 11.0 Å². The predicted octanol–water partition coefficient (Wildman–Crippen LogP) is 3.68. The van der Waals surface area contributed by atoms with E-state index in [-0.39, 0.29) is 12.3 Å². The summed E-state index contributed by atoms with van der Waals surface area (Å²) in [6, 6.07) is 4.04. The second kappa shape index (κ2) is 11.0. The Hall–Kier alpha value is -4.01. The molecule has 11 nitrogen and oxygen atoms in total. The number of aryl methyl sites for hydroxylation is 1. The number of alkyl halides is 3. The van der Waals surface area contributed by atoms with Gasteiger partial charge in [-0.05, 0) is 44.5 Å². The molecule has 0 fully saturated rings. The van der Waals surface area contributed by atoms with Crippen molar-refractivity contribution in [2.45, 2.75) is 39.4 Å². The summed E-state index contributed by atoms with van der Waals surface area (Å²) in [6.45, 7) is 4.78. The first-order valence-electron chi connectivity index (χ1n) is 11.6. The SMILES string of the molecule is CCOC(=O)C1=C(N[C@H](CC)c2ccc(C)o2)C(Nc2ccc(C(F)(F)F)c(C(=O)N(C)C)c2O)=NS1(=O)=O. The van der Waals surface area contributed by atoms with Crippen molar-refractivity contribution in [3.05, 3.63) is 57.5 Å². The highest BCUT2D eigenvalue weighted by molar-refractivity contribution is 7.95. The van der Waals surface area contributed by atoms with Crippen LogP contribution in [0.4, 0.5) is 18.9 Å². The van der Waals surface area contributed by atoms with E-state index in [1.54, 1.807) is 26.0 Å². The average Bonchev–Trinajstić information content (AvgIpc) is 3.36. The van der Waals surface area contributed by atoms with Crippen LogP contribution >= 0.6 is 0 Å². The first-order valence-corrected chi connectivity index (χ1v) is 13.1. The summed E-state index contributed by atoms with van der Waals surface area (Å²) >= 11 is 0. The van der Waals surface area contributed by atoms with Crippen LogP contribution in [0.15, 0.2) is 43.7 Å². The highest BCUT2D eigenvalue weighted by Crippen LogP contribution is 2.40. The van der Waals surface area contributed by atoms with Crippen LogP contribution in [0.3, 0.4) is 0 Å². The third-order valence-corrected chi connectivity index (χ3v) is 6.89. The molecule has 0 saturated carbocycles. The molecule has 2 heterocycles. The number of benzene rings is 1. The number of anilines is 1. The van der Waals surface area contributed by atoms with Crippen molar-refractivity contribution in [2.24, 2.45) is 4.40 Å². The first kappa shape index (κ1) is 29.5. The molecule has 0 radical (unpaired) electrons. The van der Waals surface area contributed by atoms with Gasteiger partial charge in [0.15, 0.2) is 11.6 Å². The van der Waals surface area contributed by atoms with E-state index in [0.29, 0.717) is 24.0 Å².